The van der Waals surface area contributed by atoms with Gasteiger partial charge in [0.25, 0.3) is 0 Å². The fraction of sp³-hybridized carbons (Fsp3) is 0.389. The van der Waals surface area contributed by atoms with E-state index in [9.17, 15) is 0 Å². The smallest absolute Gasteiger partial charge is 1.00 e. The SMILES string of the molecule is CCCC[NH-].[CH2-]c1ccccc1C1=C(C)C(C)=CC1.[Cl-].[Cl-].[Ti+2]. The minimum Gasteiger partial charge on any atom is -1.00 e. The normalized spacial score (nSPS) is 12.1. The molecule has 0 amide bonds. The first-order chi connectivity index (χ1) is 9.11. The van der Waals surface area contributed by atoms with Gasteiger partial charge in [-0.15, -0.1) is 17.7 Å². The summed E-state index contributed by atoms with van der Waals surface area (Å²) in [5.41, 5.74) is 13.3. The van der Waals surface area contributed by atoms with Crippen molar-refractivity contribution in [1.29, 1.82) is 0 Å². The molecule has 0 saturated heterocycles. The second-order valence-corrected chi connectivity index (χ2v) is 4.96. The van der Waals surface area contributed by atoms with E-state index in [0.717, 1.165) is 24.8 Å². The second kappa shape index (κ2) is 14.4. The van der Waals surface area contributed by atoms with Crippen LogP contribution in [0.3, 0.4) is 0 Å². The van der Waals surface area contributed by atoms with Gasteiger partial charge < -0.3 is 30.5 Å². The average molecular weight is 374 g/mol. The van der Waals surface area contributed by atoms with Crippen LogP contribution in [0.2, 0.25) is 0 Å². The van der Waals surface area contributed by atoms with Crippen LogP contribution in [0.4, 0.5) is 0 Å². The van der Waals surface area contributed by atoms with Gasteiger partial charge in [-0.2, -0.15) is 25.1 Å². The van der Waals surface area contributed by atoms with Gasteiger partial charge in [-0.05, 0) is 20.3 Å². The third kappa shape index (κ3) is 7.90. The van der Waals surface area contributed by atoms with Crippen molar-refractivity contribution in [1.82, 2.24) is 0 Å². The summed E-state index contributed by atoms with van der Waals surface area (Å²) in [4.78, 5) is 0. The van der Waals surface area contributed by atoms with E-state index >= 15 is 0 Å². The number of hydrogen-bond acceptors (Lipinski definition) is 0. The summed E-state index contributed by atoms with van der Waals surface area (Å²) in [6.45, 7) is 11.1. The topological polar surface area (TPSA) is 23.8 Å². The Hall–Kier alpha value is -0.176. The van der Waals surface area contributed by atoms with Crippen molar-refractivity contribution in [3.63, 3.8) is 0 Å². The molecule has 0 aromatic heterocycles. The third-order valence-corrected chi connectivity index (χ3v) is 3.53. The van der Waals surface area contributed by atoms with E-state index in [1.807, 2.05) is 6.07 Å². The zero-order valence-corrected chi connectivity index (χ0v) is 16.8. The van der Waals surface area contributed by atoms with Gasteiger partial charge >= 0.3 is 21.7 Å². The number of allylic oxidation sites excluding steroid dienone is 4. The first-order valence-electron chi connectivity index (χ1n) is 7.04. The molecule has 1 nitrogen and oxygen atoms in total. The maximum Gasteiger partial charge on any atom is 2.00 e. The number of rotatable bonds is 3. The molecule has 122 valence electrons. The van der Waals surface area contributed by atoms with Crippen LogP contribution in [0, 0.1) is 6.92 Å². The molecule has 0 aliphatic heterocycles. The van der Waals surface area contributed by atoms with Gasteiger partial charge in [-0.3, -0.25) is 0 Å². The maximum atomic E-state index is 6.60. The van der Waals surface area contributed by atoms with Gasteiger partial charge in [0.1, 0.15) is 0 Å². The van der Waals surface area contributed by atoms with E-state index < -0.39 is 0 Å². The molecule has 0 heterocycles. The molecule has 1 aliphatic rings. The zero-order valence-electron chi connectivity index (χ0n) is 13.7. The Balaban J connectivity index is -0.000000401. The van der Waals surface area contributed by atoms with Gasteiger partial charge in [0, 0.05) is 0 Å². The molecule has 1 aromatic carbocycles. The molecule has 1 N–H and O–H groups in total. The van der Waals surface area contributed by atoms with Crippen molar-refractivity contribution in [2.24, 2.45) is 0 Å². The van der Waals surface area contributed by atoms with E-state index in [0.29, 0.717) is 6.54 Å². The molecule has 4 heteroatoms. The number of nitrogens with one attached hydrogen (secondary N) is 1. The Kier molecular flexibility index (Phi) is 17.5. The Bertz CT molecular complexity index is 480. The average Bonchev–Trinajstić information content (AvgIpc) is 2.73. The van der Waals surface area contributed by atoms with Crippen molar-refractivity contribution in [3.05, 3.63) is 65.3 Å². The molecule has 22 heavy (non-hydrogen) atoms. The number of benzene rings is 1. The molecule has 0 fully saturated rings. The molecule has 0 bridgehead atoms. The molecule has 1 aliphatic carbocycles. The standard InChI is InChI=1S/C14H15.C4H10N.2ClH.Ti/c1-10-8-9-14(12(10)3)13-7-5-4-6-11(13)2;1-2-3-4-5;;;/h4-8H,2,9H2,1,3H3;5H,2-4H2,1H3;2*1H;/q2*-1;;;+2/p-2. The van der Waals surface area contributed by atoms with Gasteiger partial charge in [0.15, 0.2) is 0 Å². The maximum absolute atomic E-state index is 6.60. The summed E-state index contributed by atoms with van der Waals surface area (Å²) < 4.78 is 0. The summed E-state index contributed by atoms with van der Waals surface area (Å²) in [7, 11) is 0. The van der Waals surface area contributed by atoms with E-state index in [-0.39, 0.29) is 46.5 Å². The summed E-state index contributed by atoms with van der Waals surface area (Å²) in [6, 6.07) is 8.35. The predicted octanol–water partition coefficient (Wildman–Crippen LogP) is -0.164. The van der Waals surface area contributed by atoms with Gasteiger partial charge in [0.2, 0.25) is 0 Å². The number of halogens is 2. The molecule has 0 spiro atoms. The monoisotopic (exact) mass is 373 g/mol. The van der Waals surface area contributed by atoms with Crippen LogP contribution >= 0.6 is 0 Å². The first-order valence-corrected chi connectivity index (χ1v) is 7.04. The van der Waals surface area contributed by atoms with E-state index in [2.05, 4.69) is 52.0 Å². The molecule has 2 rings (SSSR count). The predicted molar refractivity (Wildman–Crippen MR) is 86.0 cm³/mol. The van der Waals surface area contributed by atoms with E-state index in [1.54, 1.807) is 0 Å². The molecular weight excluding hydrogens is 349 g/mol. The van der Waals surface area contributed by atoms with Crippen molar-refractivity contribution in [3.8, 4) is 0 Å². The van der Waals surface area contributed by atoms with E-state index in [4.69, 9.17) is 5.73 Å². The Morgan fingerprint density at radius 2 is 1.73 bits per heavy atom. The summed E-state index contributed by atoms with van der Waals surface area (Å²) in [5.74, 6) is 0. The van der Waals surface area contributed by atoms with Crippen LogP contribution in [-0.2, 0) is 21.7 Å². The van der Waals surface area contributed by atoms with Crippen LogP contribution in [0.15, 0.2) is 41.5 Å². The van der Waals surface area contributed by atoms with Crippen LogP contribution < -0.4 is 24.8 Å². The molecule has 0 saturated carbocycles. The fourth-order valence-electron chi connectivity index (χ4n) is 2.10. The van der Waals surface area contributed by atoms with Crippen molar-refractivity contribution < 1.29 is 46.5 Å². The Morgan fingerprint density at radius 1 is 1.14 bits per heavy atom. The Labute approximate surface area is 163 Å². The first kappa shape index (κ1) is 26.7. The minimum atomic E-state index is 0. The summed E-state index contributed by atoms with van der Waals surface area (Å²) >= 11 is 0. The quantitative estimate of drug-likeness (QED) is 0.519. The van der Waals surface area contributed by atoms with Gasteiger partial charge in [-0.25, -0.2) is 0 Å². The van der Waals surface area contributed by atoms with Crippen LogP contribution in [-0.4, -0.2) is 6.54 Å². The van der Waals surface area contributed by atoms with Crippen molar-refractivity contribution in [2.75, 3.05) is 6.54 Å². The van der Waals surface area contributed by atoms with Crippen LogP contribution in [0.25, 0.3) is 11.3 Å². The number of hydrogen-bond donors (Lipinski definition) is 0. The zero-order chi connectivity index (χ0) is 14.3. The molecule has 0 atom stereocenters. The van der Waals surface area contributed by atoms with E-state index in [1.165, 1.54) is 22.3 Å². The minimum absolute atomic E-state index is 0. The van der Waals surface area contributed by atoms with Gasteiger partial charge in [-0.1, -0.05) is 48.6 Å². The third-order valence-electron chi connectivity index (χ3n) is 3.53. The molecule has 0 unspecified atom stereocenters. The van der Waals surface area contributed by atoms with Gasteiger partial charge in [0.05, 0.1) is 0 Å². The molecule has 1 aromatic rings. The largest absolute Gasteiger partial charge is 2.00 e. The molecular formula is C18H25Cl2NTi-2. The fourth-order valence-corrected chi connectivity index (χ4v) is 2.10. The van der Waals surface area contributed by atoms with Crippen molar-refractivity contribution >= 4 is 5.57 Å². The van der Waals surface area contributed by atoms with Crippen molar-refractivity contribution in [2.45, 2.75) is 40.0 Å². The Morgan fingerprint density at radius 3 is 2.09 bits per heavy atom. The molecule has 0 radical (unpaired) electrons. The van der Waals surface area contributed by atoms with Crippen LogP contribution in [0.5, 0.6) is 0 Å². The number of unbranched alkanes of at least 4 members (excludes halogenated alkanes) is 1. The summed E-state index contributed by atoms with van der Waals surface area (Å²) in [5, 5.41) is 0. The summed E-state index contributed by atoms with van der Waals surface area (Å²) in [6.07, 6.45) is 5.56. The second-order valence-electron chi connectivity index (χ2n) is 4.96. The van der Waals surface area contributed by atoms with Crippen LogP contribution in [0.1, 0.15) is 51.2 Å².